The van der Waals surface area contributed by atoms with E-state index in [1.165, 1.54) is 12.8 Å². The van der Waals surface area contributed by atoms with Crippen molar-refractivity contribution in [1.82, 2.24) is 0 Å². The summed E-state index contributed by atoms with van der Waals surface area (Å²) in [6.45, 7) is 7.40. The number of hydrogen-bond donors (Lipinski definition) is 1. The van der Waals surface area contributed by atoms with Gasteiger partial charge in [-0.15, -0.1) is 24.0 Å². The molecule has 0 bridgehead atoms. The first-order valence-electron chi connectivity index (χ1n) is 4.26. The average Bonchev–Trinajstić information content (AvgIpc) is 1.78. The van der Waals surface area contributed by atoms with Gasteiger partial charge in [0.1, 0.15) is 0 Å². The second-order valence-corrected chi connectivity index (χ2v) is 4.42. The van der Waals surface area contributed by atoms with Gasteiger partial charge in [-0.05, 0) is 31.1 Å². The molecule has 2 nitrogen and oxygen atoms in total. The van der Waals surface area contributed by atoms with Crippen LogP contribution in [0.3, 0.4) is 0 Å². The highest BCUT2D eigenvalue weighted by atomic mass is 127. The normalized spacial score (nSPS) is 22.8. The molecule has 0 aromatic heterocycles. The molecule has 0 amide bonds. The molecule has 0 aromatic carbocycles. The van der Waals surface area contributed by atoms with Crippen molar-refractivity contribution in [1.29, 1.82) is 0 Å². The van der Waals surface area contributed by atoms with Crippen molar-refractivity contribution in [3.8, 4) is 0 Å². The van der Waals surface area contributed by atoms with Crippen LogP contribution in [0.15, 0.2) is 4.99 Å². The third-order valence-electron chi connectivity index (χ3n) is 2.28. The third kappa shape index (κ3) is 3.74. The molecule has 0 unspecified atom stereocenters. The third-order valence-corrected chi connectivity index (χ3v) is 2.28. The van der Waals surface area contributed by atoms with Crippen molar-refractivity contribution in [3.05, 3.63) is 0 Å². The fourth-order valence-electron chi connectivity index (χ4n) is 1.91. The molecule has 1 aliphatic rings. The fraction of sp³-hybridized carbons (Fsp3) is 0.889. The summed E-state index contributed by atoms with van der Waals surface area (Å²) >= 11 is 0. The van der Waals surface area contributed by atoms with Gasteiger partial charge in [0.25, 0.3) is 0 Å². The Labute approximate surface area is 92.0 Å². The maximum absolute atomic E-state index is 5.44. The van der Waals surface area contributed by atoms with E-state index >= 15 is 0 Å². The zero-order valence-electron chi connectivity index (χ0n) is 8.13. The number of halogens is 1. The Bertz CT molecular complexity index is 163. The molecule has 0 heterocycles. The molecule has 0 spiro atoms. The average molecular weight is 282 g/mol. The molecule has 0 aliphatic heterocycles. The molecule has 1 fully saturated rings. The molecule has 2 N–H and O–H groups in total. The lowest BCUT2D eigenvalue weighted by molar-refractivity contribution is 0.103. The van der Waals surface area contributed by atoms with E-state index in [0.717, 1.165) is 18.3 Å². The minimum atomic E-state index is 0. The van der Waals surface area contributed by atoms with Gasteiger partial charge in [0.05, 0.1) is 5.84 Å². The summed E-state index contributed by atoms with van der Waals surface area (Å²) in [6.07, 6.45) is 2.62. The molecule has 3 heteroatoms. The molecular formula is C9H19IN2. The standard InChI is InChI=1S/C9H18N2.HI/c1-7(10)11-6-8-4-9(2,3)5-8;/h8H,4-6H2,1-3H3,(H2,10,11);1H. The summed E-state index contributed by atoms with van der Waals surface area (Å²) in [6, 6.07) is 0. The molecule has 0 saturated heterocycles. The van der Waals surface area contributed by atoms with Gasteiger partial charge in [-0.3, -0.25) is 4.99 Å². The van der Waals surface area contributed by atoms with Gasteiger partial charge >= 0.3 is 0 Å². The molecule has 0 radical (unpaired) electrons. The van der Waals surface area contributed by atoms with Crippen molar-refractivity contribution in [2.75, 3.05) is 6.54 Å². The molecular weight excluding hydrogens is 263 g/mol. The summed E-state index contributed by atoms with van der Waals surface area (Å²) < 4.78 is 0. The maximum atomic E-state index is 5.44. The van der Waals surface area contributed by atoms with Gasteiger partial charge in [-0.25, -0.2) is 0 Å². The Morgan fingerprint density at radius 1 is 1.50 bits per heavy atom. The van der Waals surface area contributed by atoms with Crippen LogP contribution in [0.1, 0.15) is 33.6 Å². The highest BCUT2D eigenvalue weighted by Crippen LogP contribution is 2.44. The minimum absolute atomic E-state index is 0. The Morgan fingerprint density at radius 2 is 2.00 bits per heavy atom. The number of rotatable bonds is 2. The number of aliphatic imine (C=N–C) groups is 1. The molecule has 0 atom stereocenters. The van der Waals surface area contributed by atoms with E-state index in [4.69, 9.17) is 5.73 Å². The Kier molecular flexibility index (Phi) is 4.51. The van der Waals surface area contributed by atoms with Gasteiger partial charge in [-0.1, -0.05) is 13.8 Å². The molecule has 1 aliphatic carbocycles. The fourth-order valence-corrected chi connectivity index (χ4v) is 1.91. The van der Waals surface area contributed by atoms with E-state index in [1.807, 2.05) is 6.92 Å². The smallest absolute Gasteiger partial charge is 0.0905 e. The van der Waals surface area contributed by atoms with Gasteiger partial charge < -0.3 is 5.73 Å². The van der Waals surface area contributed by atoms with Crippen molar-refractivity contribution in [2.45, 2.75) is 33.6 Å². The van der Waals surface area contributed by atoms with E-state index in [9.17, 15) is 0 Å². The zero-order chi connectivity index (χ0) is 8.48. The van der Waals surface area contributed by atoms with E-state index in [-0.39, 0.29) is 24.0 Å². The van der Waals surface area contributed by atoms with E-state index in [2.05, 4.69) is 18.8 Å². The van der Waals surface area contributed by atoms with Crippen molar-refractivity contribution >= 4 is 29.8 Å². The van der Waals surface area contributed by atoms with Gasteiger partial charge in [0.15, 0.2) is 0 Å². The largest absolute Gasteiger partial charge is 0.388 e. The summed E-state index contributed by atoms with van der Waals surface area (Å²) in [5, 5.41) is 0. The molecule has 1 saturated carbocycles. The monoisotopic (exact) mass is 282 g/mol. The SMILES string of the molecule is CC(N)=NCC1CC(C)(C)C1.I. The number of nitrogens with two attached hydrogens (primary N) is 1. The summed E-state index contributed by atoms with van der Waals surface area (Å²) in [7, 11) is 0. The summed E-state index contributed by atoms with van der Waals surface area (Å²) in [5.74, 6) is 1.51. The highest BCUT2D eigenvalue weighted by Gasteiger charge is 2.35. The summed E-state index contributed by atoms with van der Waals surface area (Å²) in [4.78, 5) is 4.21. The zero-order valence-corrected chi connectivity index (χ0v) is 10.5. The molecule has 72 valence electrons. The van der Waals surface area contributed by atoms with Crippen LogP contribution in [0.2, 0.25) is 0 Å². The van der Waals surface area contributed by atoms with E-state index in [0.29, 0.717) is 5.41 Å². The van der Waals surface area contributed by atoms with Crippen molar-refractivity contribution < 1.29 is 0 Å². The first-order chi connectivity index (χ1) is 4.99. The van der Waals surface area contributed by atoms with Crippen LogP contribution in [0.5, 0.6) is 0 Å². The lowest BCUT2D eigenvalue weighted by atomic mass is 9.64. The second kappa shape index (κ2) is 4.44. The second-order valence-electron chi connectivity index (χ2n) is 4.42. The van der Waals surface area contributed by atoms with Crippen LogP contribution in [0, 0.1) is 11.3 Å². The Balaban J connectivity index is 0.00000121. The Morgan fingerprint density at radius 3 is 2.33 bits per heavy atom. The predicted octanol–water partition coefficient (Wildman–Crippen LogP) is 2.42. The lowest BCUT2D eigenvalue weighted by Crippen LogP contribution is -2.33. The number of hydrogen-bond acceptors (Lipinski definition) is 1. The lowest BCUT2D eigenvalue weighted by Gasteiger charge is -2.41. The van der Waals surface area contributed by atoms with Gasteiger partial charge in [0.2, 0.25) is 0 Å². The van der Waals surface area contributed by atoms with Crippen molar-refractivity contribution in [2.24, 2.45) is 22.1 Å². The van der Waals surface area contributed by atoms with Crippen molar-refractivity contribution in [3.63, 3.8) is 0 Å². The van der Waals surface area contributed by atoms with Crippen LogP contribution in [-0.2, 0) is 0 Å². The summed E-state index contributed by atoms with van der Waals surface area (Å²) in [5.41, 5.74) is 6.01. The number of amidine groups is 1. The van der Waals surface area contributed by atoms with Crippen LogP contribution < -0.4 is 5.73 Å². The molecule has 12 heavy (non-hydrogen) atoms. The molecule has 0 aromatic rings. The van der Waals surface area contributed by atoms with Gasteiger partial charge in [-0.2, -0.15) is 0 Å². The van der Waals surface area contributed by atoms with E-state index in [1.54, 1.807) is 0 Å². The number of nitrogens with zero attached hydrogens (tertiary/aromatic N) is 1. The van der Waals surface area contributed by atoms with Crippen LogP contribution in [0.4, 0.5) is 0 Å². The minimum Gasteiger partial charge on any atom is -0.388 e. The van der Waals surface area contributed by atoms with Crippen LogP contribution in [0.25, 0.3) is 0 Å². The van der Waals surface area contributed by atoms with E-state index < -0.39 is 0 Å². The Hall–Kier alpha value is 0.200. The maximum Gasteiger partial charge on any atom is 0.0905 e. The predicted molar refractivity (Wildman–Crippen MR) is 64.1 cm³/mol. The first-order valence-corrected chi connectivity index (χ1v) is 4.26. The first kappa shape index (κ1) is 12.2. The van der Waals surface area contributed by atoms with Crippen LogP contribution >= 0.6 is 24.0 Å². The van der Waals surface area contributed by atoms with Gasteiger partial charge in [0, 0.05) is 6.54 Å². The quantitative estimate of drug-likeness (QED) is 0.471. The van der Waals surface area contributed by atoms with Crippen LogP contribution in [-0.4, -0.2) is 12.4 Å². The molecule has 1 rings (SSSR count). The highest BCUT2D eigenvalue weighted by molar-refractivity contribution is 14.0. The topological polar surface area (TPSA) is 38.4 Å².